The Balaban J connectivity index is 2.30. The number of nitrogens with zero attached hydrogens (tertiary/aromatic N) is 1. The van der Waals surface area contributed by atoms with E-state index < -0.39 is 0 Å². The summed E-state index contributed by atoms with van der Waals surface area (Å²) < 4.78 is 0.888. The number of anilines is 2. The maximum Gasteiger partial charge on any atom is 0.258 e. The molecule has 0 fully saturated rings. The lowest BCUT2D eigenvalue weighted by atomic mass is 10.1. The number of carbonyl (C=O) groups is 1. The Kier molecular flexibility index (Phi) is 4.39. The van der Waals surface area contributed by atoms with Gasteiger partial charge in [0.2, 0.25) is 0 Å². The van der Waals surface area contributed by atoms with Crippen molar-refractivity contribution in [2.24, 2.45) is 0 Å². The lowest BCUT2D eigenvalue weighted by Crippen LogP contribution is -2.16. The van der Waals surface area contributed by atoms with E-state index in [0.29, 0.717) is 11.4 Å². The van der Waals surface area contributed by atoms with Gasteiger partial charge in [-0.05, 0) is 53.5 Å². The smallest absolute Gasteiger partial charge is 0.258 e. The third-order valence-corrected chi connectivity index (χ3v) is 3.40. The van der Waals surface area contributed by atoms with Crippen molar-refractivity contribution >= 4 is 33.3 Å². The van der Waals surface area contributed by atoms with E-state index in [0.717, 1.165) is 21.3 Å². The molecular weight excluding hydrogens is 318 g/mol. The van der Waals surface area contributed by atoms with Crippen LogP contribution in [0.1, 0.15) is 21.5 Å². The molecule has 2 aromatic rings. The van der Waals surface area contributed by atoms with E-state index in [1.807, 2.05) is 38.1 Å². The normalized spacial score (nSPS) is 10.2. The summed E-state index contributed by atoms with van der Waals surface area (Å²) in [4.78, 5) is 16.6. The summed E-state index contributed by atoms with van der Waals surface area (Å²) in [6.45, 7) is 3.86. The fraction of sp³-hybridized carbons (Fsp3) is 0.200. The molecule has 2 rings (SSSR count). The highest BCUT2D eigenvalue weighted by Gasteiger charge is 2.13. The molecule has 1 heterocycles. The minimum atomic E-state index is -0.170. The average molecular weight is 334 g/mol. The maximum absolute atomic E-state index is 12.4. The first-order valence-corrected chi connectivity index (χ1v) is 7.02. The monoisotopic (exact) mass is 333 g/mol. The van der Waals surface area contributed by atoms with Gasteiger partial charge in [-0.3, -0.25) is 4.79 Å². The summed E-state index contributed by atoms with van der Waals surface area (Å²) in [5.41, 5.74) is 3.35. The predicted molar refractivity (Wildman–Crippen MR) is 85.4 cm³/mol. The molecule has 0 atom stereocenters. The molecule has 1 aromatic heterocycles. The number of hydrogen-bond acceptors (Lipinski definition) is 3. The Bertz CT molecular complexity index is 656. The third kappa shape index (κ3) is 3.17. The average Bonchev–Trinajstić information content (AvgIpc) is 2.41. The zero-order valence-corrected chi connectivity index (χ0v) is 13.2. The lowest BCUT2D eigenvalue weighted by Gasteiger charge is -2.11. The maximum atomic E-state index is 12.4. The van der Waals surface area contributed by atoms with Crippen LogP contribution in [0.25, 0.3) is 0 Å². The number of aryl methyl sites for hydroxylation is 2. The number of halogens is 1. The molecule has 0 bridgehead atoms. The second-order valence-corrected chi connectivity index (χ2v) is 5.49. The summed E-state index contributed by atoms with van der Waals surface area (Å²) in [5.74, 6) is 0.401. The number of amides is 1. The van der Waals surface area contributed by atoms with Gasteiger partial charge >= 0.3 is 0 Å². The fourth-order valence-electron chi connectivity index (χ4n) is 1.91. The molecule has 5 heteroatoms. The Morgan fingerprint density at radius 3 is 2.65 bits per heavy atom. The van der Waals surface area contributed by atoms with Crippen molar-refractivity contribution in [3.63, 3.8) is 0 Å². The molecule has 0 saturated heterocycles. The fourth-order valence-corrected chi connectivity index (χ4v) is 2.36. The molecule has 0 aliphatic rings. The van der Waals surface area contributed by atoms with Crippen molar-refractivity contribution in [2.75, 3.05) is 17.7 Å². The first kappa shape index (κ1) is 14.5. The second kappa shape index (κ2) is 6.05. The van der Waals surface area contributed by atoms with Crippen molar-refractivity contribution in [3.05, 3.63) is 51.6 Å². The summed E-state index contributed by atoms with van der Waals surface area (Å²) in [7, 11) is 1.80. The molecular formula is C15H16BrN3O. The van der Waals surface area contributed by atoms with Gasteiger partial charge in [-0.2, -0.15) is 0 Å². The van der Waals surface area contributed by atoms with E-state index in [4.69, 9.17) is 0 Å². The number of benzene rings is 1. The van der Waals surface area contributed by atoms with Gasteiger partial charge in [-0.1, -0.05) is 11.6 Å². The van der Waals surface area contributed by atoms with E-state index in [-0.39, 0.29) is 5.91 Å². The first-order chi connectivity index (χ1) is 9.51. The highest BCUT2D eigenvalue weighted by atomic mass is 79.9. The zero-order chi connectivity index (χ0) is 14.7. The highest BCUT2D eigenvalue weighted by Crippen LogP contribution is 2.21. The van der Waals surface area contributed by atoms with Gasteiger partial charge in [0, 0.05) is 23.4 Å². The molecule has 0 saturated carbocycles. The Labute approximate surface area is 126 Å². The molecule has 20 heavy (non-hydrogen) atoms. The largest absolute Gasteiger partial charge is 0.387 e. The number of carbonyl (C=O) groups excluding carboxylic acids is 1. The number of rotatable bonds is 3. The van der Waals surface area contributed by atoms with Crippen LogP contribution in [0.2, 0.25) is 0 Å². The van der Waals surface area contributed by atoms with Gasteiger partial charge in [0.05, 0.1) is 5.56 Å². The molecule has 104 valence electrons. The van der Waals surface area contributed by atoms with E-state index in [1.54, 1.807) is 13.2 Å². The first-order valence-electron chi connectivity index (χ1n) is 6.23. The minimum Gasteiger partial charge on any atom is -0.387 e. The third-order valence-electron chi connectivity index (χ3n) is 2.97. The number of hydrogen-bond donors (Lipinski definition) is 2. The van der Waals surface area contributed by atoms with Crippen molar-refractivity contribution in [3.8, 4) is 0 Å². The molecule has 1 aromatic carbocycles. The second-order valence-electron chi connectivity index (χ2n) is 4.57. The summed E-state index contributed by atoms with van der Waals surface area (Å²) in [6.07, 6.45) is 1.66. The van der Waals surface area contributed by atoms with E-state index in [1.165, 1.54) is 0 Å². The van der Waals surface area contributed by atoms with Crippen molar-refractivity contribution in [2.45, 2.75) is 13.8 Å². The molecule has 0 aliphatic carbocycles. The molecule has 4 nitrogen and oxygen atoms in total. The Morgan fingerprint density at radius 1 is 1.25 bits per heavy atom. The van der Waals surface area contributed by atoms with Crippen molar-refractivity contribution in [1.29, 1.82) is 0 Å². The molecule has 1 amide bonds. The van der Waals surface area contributed by atoms with E-state index in [9.17, 15) is 4.79 Å². The van der Waals surface area contributed by atoms with E-state index in [2.05, 4.69) is 31.5 Å². The van der Waals surface area contributed by atoms with Crippen LogP contribution >= 0.6 is 15.9 Å². The van der Waals surface area contributed by atoms with Crippen LogP contribution in [0.3, 0.4) is 0 Å². The van der Waals surface area contributed by atoms with Gasteiger partial charge in [0.25, 0.3) is 5.91 Å². The minimum absolute atomic E-state index is 0.170. The SMILES string of the molecule is CNc1ccc(C)cc1C(=O)Nc1ncc(Br)cc1C. The van der Waals surface area contributed by atoms with Gasteiger partial charge in [-0.15, -0.1) is 0 Å². The predicted octanol–water partition coefficient (Wildman–Crippen LogP) is 3.75. The standard InChI is InChI=1S/C15H16BrN3O/c1-9-4-5-13(17-3)12(6-9)15(20)19-14-10(2)7-11(16)8-18-14/h4-8,17H,1-3H3,(H,18,19,20). The molecule has 0 spiro atoms. The number of pyridine rings is 1. The van der Waals surface area contributed by atoms with Crippen LogP contribution in [0.5, 0.6) is 0 Å². The summed E-state index contributed by atoms with van der Waals surface area (Å²) >= 11 is 3.35. The summed E-state index contributed by atoms with van der Waals surface area (Å²) in [6, 6.07) is 7.63. The Morgan fingerprint density at radius 2 is 2.00 bits per heavy atom. The molecule has 0 unspecified atom stereocenters. The topological polar surface area (TPSA) is 54.0 Å². The van der Waals surface area contributed by atoms with Crippen molar-refractivity contribution in [1.82, 2.24) is 4.98 Å². The van der Waals surface area contributed by atoms with Crippen molar-refractivity contribution < 1.29 is 4.79 Å². The van der Waals surface area contributed by atoms with Gasteiger partial charge in [0.1, 0.15) is 5.82 Å². The number of aromatic nitrogens is 1. The lowest BCUT2D eigenvalue weighted by molar-refractivity contribution is 0.102. The van der Waals surface area contributed by atoms with Crippen LogP contribution < -0.4 is 10.6 Å². The molecule has 0 radical (unpaired) electrons. The summed E-state index contributed by atoms with van der Waals surface area (Å²) in [5, 5.41) is 5.87. The Hall–Kier alpha value is -1.88. The van der Waals surface area contributed by atoms with Crippen LogP contribution in [-0.4, -0.2) is 17.9 Å². The van der Waals surface area contributed by atoms with Crippen LogP contribution in [0.15, 0.2) is 34.9 Å². The zero-order valence-electron chi connectivity index (χ0n) is 11.6. The van der Waals surface area contributed by atoms with Gasteiger partial charge in [0.15, 0.2) is 0 Å². The van der Waals surface area contributed by atoms with E-state index >= 15 is 0 Å². The highest BCUT2D eigenvalue weighted by molar-refractivity contribution is 9.10. The molecule has 2 N–H and O–H groups in total. The van der Waals surface area contributed by atoms with Crippen LogP contribution in [-0.2, 0) is 0 Å². The van der Waals surface area contributed by atoms with Crippen LogP contribution in [0, 0.1) is 13.8 Å². The molecule has 0 aliphatic heterocycles. The number of nitrogens with one attached hydrogen (secondary N) is 2. The quantitative estimate of drug-likeness (QED) is 0.899. The van der Waals surface area contributed by atoms with Crippen LogP contribution in [0.4, 0.5) is 11.5 Å². The van der Waals surface area contributed by atoms with Gasteiger partial charge in [-0.25, -0.2) is 4.98 Å². The van der Waals surface area contributed by atoms with Gasteiger partial charge < -0.3 is 10.6 Å².